The van der Waals surface area contributed by atoms with Gasteiger partial charge in [0, 0.05) is 19.4 Å². The summed E-state index contributed by atoms with van der Waals surface area (Å²) in [6.07, 6.45) is 3.31. The Bertz CT molecular complexity index is 963. The quantitative estimate of drug-likeness (QED) is 0.709. The van der Waals surface area contributed by atoms with Gasteiger partial charge in [0.15, 0.2) is 0 Å². The van der Waals surface area contributed by atoms with Gasteiger partial charge in [0.2, 0.25) is 0 Å². The van der Waals surface area contributed by atoms with Gasteiger partial charge in [-0.25, -0.2) is 9.00 Å². The van der Waals surface area contributed by atoms with Gasteiger partial charge in [-0.15, -0.1) is 0 Å². The molecule has 4 nitrogen and oxygen atoms in total. The zero-order chi connectivity index (χ0) is 16.6. The largest absolute Gasteiger partial charge is 0.332 e. The molecule has 0 aliphatic carbocycles. The van der Waals surface area contributed by atoms with E-state index >= 15 is 0 Å². The van der Waals surface area contributed by atoms with E-state index in [0.717, 1.165) is 0 Å². The fourth-order valence-corrected chi connectivity index (χ4v) is 4.01. The summed E-state index contributed by atoms with van der Waals surface area (Å²) in [5.41, 5.74) is 0.432. The maximum atomic E-state index is 12.7. The lowest BCUT2D eigenvalue weighted by Crippen LogP contribution is -2.20. The van der Waals surface area contributed by atoms with E-state index in [4.69, 9.17) is 23.2 Å². The van der Waals surface area contributed by atoms with Crippen LogP contribution in [0.25, 0.3) is 5.69 Å². The van der Waals surface area contributed by atoms with Crippen molar-refractivity contribution in [1.29, 1.82) is 0 Å². The monoisotopic (exact) mass is 366 g/mol. The molecule has 3 aromatic rings. The van der Waals surface area contributed by atoms with Gasteiger partial charge < -0.3 is 4.57 Å². The zero-order valence-corrected chi connectivity index (χ0v) is 14.4. The molecule has 7 heteroatoms. The molecule has 23 heavy (non-hydrogen) atoms. The number of nitrogens with zero attached hydrogens (tertiary/aromatic N) is 2. The highest BCUT2D eigenvalue weighted by Gasteiger charge is 2.15. The van der Waals surface area contributed by atoms with Crippen LogP contribution in [0, 0.1) is 0 Å². The standard InChI is InChI=1S/C16H12Cl2N2O2S/c1-19-8-9-20(16(19)21)11-6-7-15(13(18)10-11)23(22)14-5-3-2-4-12(14)17/h2-10H,1H3. The second-order valence-corrected chi connectivity index (χ2v) is 7.11. The minimum absolute atomic E-state index is 0.180. The Balaban J connectivity index is 2.04. The molecule has 3 rings (SSSR count). The van der Waals surface area contributed by atoms with Crippen molar-refractivity contribution in [2.75, 3.05) is 0 Å². The highest BCUT2D eigenvalue weighted by molar-refractivity contribution is 7.85. The van der Waals surface area contributed by atoms with E-state index in [1.807, 2.05) is 0 Å². The van der Waals surface area contributed by atoms with Gasteiger partial charge in [0.1, 0.15) is 0 Å². The molecule has 1 unspecified atom stereocenters. The number of aryl methyl sites for hydroxylation is 1. The third kappa shape index (κ3) is 3.00. The molecule has 0 aliphatic rings. The highest BCUT2D eigenvalue weighted by atomic mass is 35.5. The van der Waals surface area contributed by atoms with Crippen molar-refractivity contribution in [2.45, 2.75) is 9.79 Å². The smallest absolute Gasteiger partial charge is 0.302 e. The highest BCUT2D eigenvalue weighted by Crippen LogP contribution is 2.29. The van der Waals surface area contributed by atoms with Gasteiger partial charge >= 0.3 is 5.69 Å². The average molecular weight is 367 g/mol. The Morgan fingerprint density at radius 2 is 1.65 bits per heavy atom. The van der Waals surface area contributed by atoms with Crippen molar-refractivity contribution in [1.82, 2.24) is 9.13 Å². The number of hydrogen-bond acceptors (Lipinski definition) is 2. The van der Waals surface area contributed by atoms with Crippen molar-refractivity contribution < 1.29 is 4.21 Å². The van der Waals surface area contributed by atoms with Crippen LogP contribution in [-0.2, 0) is 17.8 Å². The van der Waals surface area contributed by atoms with Crippen molar-refractivity contribution in [3.63, 3.8) is 0 Å². The second-order valence-electron chi connectivity index (χ2n) is 4.88. The van der Waals surface area contributed by atoms with E-state index in [1.165, 1.54) is 9.13 Å². The van der Waals surface area contributed by atoms with Gasteiger partial charge in [-0.2, -0.15) is 0 Å². The van der Waals surface area contributed by atoms with Crippen molar-refractivity contribution in [3.05, 3.63) is 75.4 Å². The third-order valence-electron chi connectivity index (χ3n) is 3.38. The Morgan fingerprint density at radius 3 is 2.26 bits per heavy atom. The van der Waals surface area contributed by atoms with E-state index in [0.29, 0.717) is 25.5 Å². The Morgan fingerprint density at radius 1 is 0.957 bits per heavy atom. The molecule has 118 valence electrons. The van der Waals surface area contributed by atoms with Gasteiger partial charge in [0.25, 0.3) is 0 Å². The second kappa shape index (κ2) is 6.35. The zero-order valence-electron chi connectivity index (χ0n) is 12.1. The minimum atomic E-state index is -1.49. The molecule has 0 bridgehead atoms. The first-order valence-corrected chi connectivity index (χ1v) is 8.60. The maximum Gasteiger partial charge on any atom is 0.332 e. The first kappa shape index (κ1) is 16.1. The van der Waals surface area contributed by atoms with Crippen LogP contribution in [0.15, 0.2) is 69.4 Å². The van der Waals surface area contributed by atoms with E-state index in [1.54, 1.807) is 61.9 Å². The summed E-state index contributed by atoms with van der Waals surface area (Å²) >= 11 is 12.4. The van der Waals surface area contributed by atoms with Gasteiger partial charge in [-0.3, -0.25) is 4.57 Å². The van der Waals surface area contributed by atoms with Crippen LogP contribution < -0.4 is 5.69 Å². The molecule has 0 N–H and O–H groups in total. The maximum absolute atomic E-state index is 12.7. The molecule has 1 heterocycles. The lowest BCUT2D eigenvalue weighted by atomic mass is 10.3. The topological polar surface area (TPSA) is 44.0 Å². The number of rotatable bonds is 3. The average Bonchev–Trinajstić information content (AvgIpc) is 2.87. The fourth-order valence-electron chi connectivity index (χ4n) is 2.16. The van der Waals surface area contributed by atoms with Crippen molar-refractivity contribution in [3.8, 4) is 5.69 Å². The molecule has 0 amide bonds. The lowest BCUT2D eigenvalue weighted by Gasteiger charge is -2.08. The van der Waals surface area contributed by atoms with Crippen LogP contribution in [0.4, 0.5) is 0 Å². The van der Waals surface area contributed by atoms with Gasteiger partial charge in [-0.1, -0.05) is 35.3 Å². The van der Waals surface area contributed by atoms with E-state index in [9.17, 15) is 9.00 Å². The summed E-state index contributed by atoms with van der Waals surface area (Å²) in [6.45, 7) is 0. The van der Waals surface area contributed by atoms with E-state index < -0.39 is 10.8 Å². The fraction of sp³-hybridized carbons (Fsp3) is 0.0625. The van der Waals surface area contributed by atoms with Crippen LogP contribution in [-0.4, -0.2) is 13.3 Å². The molecular formula is C16H12Cl2N2O2S. The van der Waals surface area contributed by atoms with Crippen LogP contribution in [0.1, 0.15) is 0 Å². The molecule has 1 aromatic heterocycles. The minimum Gasteiger partial charge on any atom is -0.302 e. The lowest BCUT2D eigenvalue weighted by molar-refractivity contribution is 0.683. The predicted molar refractivity (Wildman–Crippen MR) is 92.1 cm³/mol. The van der Waals surface area contributed by atoms with Crippen molar-refractivity contribution >= 4 is 34.0 Å². The van der Waals surface area contributed by atoms with E-state index in [2.05, 4.69) is 0 Å². The van der Waals surface area contributed by atoms with Gasteiger partial charge in [0.05, 0.1) is 36.3 Å². The molecule has 0 saturated carbocycles. The summed E-state index contributed by atoms with van der Waals surface area (Å²) in [6, 6.07) is 11.9. The number of benzene rings is 2. The summed E-state index contributed by atoms with van der Waals surface area (Å²) in [5.74, 6) is 0. The first-order chi connectivity index (χ1) is 11.0. The Labute approximate surface area is 145 Å². The number of hydrogen-bond donors (Lipinski definition) is 0. The van der Waals surface area contributed by atoms with Gasteiger partial charge in [-0.05, 0) is 30.3 Å². The van der Waals surface area contributed by atoms with Crippen LogP contribution in [0.2, 0.25) is 10.0 Å². The normalized spacial score (nSPS) is 12.3. The Hall–Kier alpha value is -1.82. The summed E-state index contributed by atoms with van der Waals surface area (Å²) in [7, 11) is 0.177. The number of imidazole rings is 1. The molecule has 0 fully saturated rings. The molecule has 0 saturated heterocycles. The summed E-state index contributed by atoms with van der Waals surface area (Å²) in [5, 5.41) is 0.738. The van der Waals surface area contributed by atoms with Crippen molar-refractivity contribution in [2.24, 2.45) is 7.05 Å². The third-order valence-corrected chi connectivity index (χ3v) is 5.75. The molecule has 2 aromatic carbocycles. The molecule has 0 aliphatic heterocycles. The Kier molecular flexibility index (Phi) is 4.43. The first-order valence-electron chi connectivity index (χ1n) is 6.69. The van der Waals surface area contributed by atoms with Crippen LogP contribution in [0.3, 0.4) is 0 Å². The summed E-state index contributed by atoms with van der Waals surface area (Å²) in [4.78, 5) is 12.9. The number of halogens is 2. The van der Waals surface area contributed by atoms with Crippen LogP contribution in [0.5, 0.6) is 0 Å². The molecular weight excluding hydrogens is 355 g/mol. The molecule has 0 radical (unpaired) electrons. The summed E-state index contributed by atoms with van der Waals surface area (Å²) < 4.78 is 15.6. The van der Waals surface area contributed by atoms with E-state index in [-0.39, 0.29) is 5.69 Å². The molecule has 0 spiro atoms. The molecule has 1 atom stereocenters. The van der Waals surface area contributed by atoms with Crippen LogP contribution >= 0.6 is 23.2 Å². The SMILES string of the molecule is Cn1ccn(-c2ccc(S(=O)c3ccccc3Cl)c(Cl)c2)c1=O. The number of aromatic nitrogens is 2. The predicted octanol–water partition coefficient (Wildman–Crippen LogP) is 3.65.